The van der Waals surface area contributed by atoms with Crippen LogP contribution in [0.2, 0.25) is 0 Å². The van der Waals surface area contributed by atoms with Crippen molar-refractivity contribution in [3.8, 4) is 0 Å². The van der Waals surface area contributed by atoms with Gasteiger partial charge in [-0.05, 0) is 65.0 Å². The molecule has 1 heterocycles. The van der Waals surface area contributed by atoms with Crippen LogP contribution in [0, 0.1) is 11.8 Å². The molecule has 0 aromatic carbocycles. The van der Waals surface area contributed by atoms with Crippen molar-refractivity contribution >= 4 is 5.91 Å². The number of rotatable bonds is 3. The predicted molar refractivity (Wildman–Crippen MR) is 82.4 cm³/mol. The van der Waals surface area contributed by atoms with E-state index in [1.165, 1.54) is 25.7 Å². The molecule has 2 atom stereocenters. The summed E-state index contributed by atoms with van der Waals surface area (Å²) in [6, 6.07) is 0.936. The summed E-state index contributed by atoms with van der Waals surface area (Å²) in [5, 5.41) is 0. The largest absolute Gasteiger partial charge is 0.340 e. The lowest BCUT2D eigenvalue weighted by atomic mass is 9.80. The van der Waals surface area contributed by atoms with E-state index in [9.17, 15) is 4.79 Å². The molecule has 0 aromatic heterocycles. The molecule has 2 fully saturated rings. The second-order valence-electron chi connectivity index (χ2n) is 6.99. The first kappa shape index (κ1) is 15.8. The average molecular weight is 281 g/mol. The number of nitrogens with two attached hydrogens (primary N) is 1. The summed E-state index contributed by atoms with van der Waals surface area (Å²) < 4.78 is 0. The van der Waals surface area contributed by atoms with Crippen LogP contribution in [0.5, 0.6) is 0 Å². The third kappa shape index (κ3) is 3.73. The van der Waals surface area contributed by atoms with Gasteiger partial charge in [0.2, 0.25) is 5.91 Å². The Labute approximate surface area is 123 Å². The zero-order chi connectivity index (χ0) is 14.7. The van der Waals surface area contributed by atoms with Crippen LogP contribution in [0.4, 0.5) is 0 Å². The molecule has 2 unspecified atom stereocenters. The first-order chi connectivity index (χ1) is 9.51. The minimum atomic E-state index is 0.369. The van der Waals surface area contributed by atoms with Gasteiger partial charge in [-0.25, -0.2) is 0 Å². The highest BCUT2D eigenvalue weighted by Gasteiger charge is 2.31. The molecule has 2 rings (SSSR count). The maximum absolute atomic E-state index is 12.5. The molecule has 0 bridgehead atoms. The van der Waals surface area contributed by atoms with E-state index in [1.54, 1.807) is 0 Å². The Hall–Kier alpha value is -0.610. The van der Waals surface area contributed by atoms with E-state index >= 15 is 0 Å². The van der Waals surface area contributed by atoms with Crippen LogP contribution < -0.4 is 5.73 Å². The summed E-state index contributed by atoms with van der Waals surface area (Å²) in [6.45, 7) is 7.01. The molecule has 116 valence electrons. The summed E-state index contributed by atoms with van der Waals surface area (Å²) in [5.74, 6) is 1.66. The van der Waals surface area contributed by atoms with Crippen LogP contribution in [-0.2, 0) is 4.79 Å². The van der Waals surface area contributed by atoms with Gasteiger partial charge in [0, 0.05) is 31.6 Å². The van der Waals surface area contributed by atoms with E-state index < -0.39 is 0 Å². The van der Waals surface area contributed by atoms with Crippen molar-refractivity contribution in [3.05, 3.63) is 0 Å². The van der Waals surface area contributed by atoms with Crippen LogP contribution in [0.3, 0.4) is 0 Å². The van der Waals surface area contributed by atoms with Gasteiger partial charge < -0.3 is 10.6 Å². The molecule has 1 aliphatic carbocycles. The fourth-order valence-electron chi connectivity index (χ4n) is 3.66. The van der Waals surface area contributed by atoms with E-state index in [1.807, 2.05) is 0 Å². The number of nitrogens with zero attached hydrogens (tertiary/aromatic N) is 2. The number of carbonyl (C=O) groups excluding carboxylic acids is 1. The monoisotopic (exact) mass is 281 g/mol. The normalized spacial score (nSPS) is 36.1. The molecule has 4 heteroatoms. The van der Waals surface area contributed by atoms with Gasteiger partial charge in [-0.15, -0.1) is 0 Å². The number of likely N-dealkylation sites (N-methyl/N-ethyl adjacent to an activating group) is 1. The summed E-state index contributed by atoms with van der Waals surface area (Å²) in [7, 11) is 2.16. The first-order valence-corrected chi connectivity index (χ1v) is 8.21. The maximum atomic E-state index is 12.5. The lowest BCUT2D eigenvalue weighted by molar-refractivity contribution is -0.136. The van der Waals surface area contributed by atoms with E-state index in [2.05, 4.69) is 30.7 Å². The Morgan fingerprint density at radius 1 is 1.05 bits per heavy atom. The van der Waals surface area contributed by atoms with Crippen molar-refractivity contribution in [1.29, 1.82) is 0 Å². The third-order valence-electron chi connectivity index (χ3n) is 5.48. The van der Waals surface area contributed by atoms with E-state index in [-0.39, 0.29) is 0 Å². The summed E-state index contributed by atoms with van der Waals surface area (Å²) in [6.07, 6.45) is 5.55. The second kappa shape index (κ2) is 6.90. The average Bonchev–Trinajstić information content (AvgIpc) is 2.45. The molecule has 0 spiro atoms. The number of carbonyl (C=O) groups is 1. The Bertz CT molecular complexity index is 314. The fourth-order valence-corrected chi connectivity index (χ4v) is 3.66. The van der Waals surface area contributed by atoms with Gasteiger partial charge in [0.15, 0.2) is 0 Å². The van der Waals surface area contributed by atoms with Crippen LogP contribution in [0.15, 0.2) is 0 Å². The predicted octanol–water partition coefficient (Wildman–Crippen LogP) is 1.69. The topological polar surface area (TPSA) is 49.6 Å². The van der Waals surface area contributed by atoms with Crippen molar-refractivity contribution in [3.63, 3.8) is 0 Å². The van der Waals surface area contributed by atoms with Crippen LogP contribution in [0.1, 0.15) is 46.0 Å². The Morgan fingerprint density at radius 3 is 2.05 bits per heavy atom. The number of hydrogen-bond donors (Lipinski definition) is 1. The molecule has 2 aliphatic rings. The zero-order valence-corrected chi connectivity index (χ0v) is 13.3. The van der Waals surface area contributed by atoms with E-state index in [0.29, 0.717) is 29.8 Å². The van der Waals surface area contributed by atoms with Gasteiger partial charge >= 0.3 is 0 Å². The molecule has 1 aliphatic heterocycles. The van der Waals surface area contributed by atoms with E-state index in [4.69, 9.17) is 5.73 Å². The Morgan fingerprint density at radius 2 is 1.55 bits per heavy atom. The lowest BCUT2D eigenvalue weighted by Gasteiger charge is -2.43. The zero-order valence-electron chi connectivity index (χ0n) is 13.3. The lowest BCUT2D eigenvalue weighted by Crippen LogP contribution is -2.56. The van der Waals surface area contributed by atoms with Gasteiger partial charge in [-0.2, -0.15) is 0 Å². The van der Waals surface area contributed by atoms with Crippen LogP contribution in [-0.4, -0.2) is 54.5 Å². The van der Waals surface area contributed by atoms with Crippen molar-refractivity contribution in [1.82, 2.24) is 9.80 Å². The van der Waals surface area contributed by atoms with Crippen molar-refractivity contribution < 1.29 is 4.79 Å². The molecule has 20 heavy (non-hydrogen) atoms. The number of amides is 1. The SMILES string of the molecule is CC1CN(C(=O)CC2CCC(CN)CC2)CC(C)N1C. The van der Waals surface area contributed by atoms with Gasteiger partial charge in [0.05, 0.1) is 0 Å². The summed E-state index contributed by atoms with van der Waals surface area (Å²) >= 11 is 0. The van der Waals surface area contributed by atoms with Crippen molar-refractivity contribution in [2.45, 2.75) is 58.0 Å². The molecule has 1 saturated carbocycles. The first-order valence-electron chi connectivity index (χ1n) is 8.21. The number of hydrogen-bond acceptors (Lipinski definition) is 3. The summed E-state index contributed by atoms with van der Waals surface area (Å²) in [4.78, 5) is 17.0. The minimum absolute atomic E-state index is 0.369. The molecule has 2 N–H and O–H groups in total. The molecular weight excluding hydrogens is 250 g/mol. The fraction of sp³-hybridized carbons (Fsp3) is 0.938. The number of piperazine rings is 1. The van der Waals surface area contributed by atoms with Gasteiger partial charge in [-0.1, -0.05) is 0 Å². The van der Waals surface area contributed by atoms with Gasteiger partial charge in [0.1, 0.15) is 0 Å². The second-order valence-corrected chi connectivity index (χ2v) is 6.99. The highest BCUT2D eigenvalue weighted by atomic mass is 16.2. The van der Waals surface area contributed by atoms with Crippen molar-refractivity contribution in [2.24, 2.45) is 17.6 Å². The van der Waals surface area contributed by atoms with Crippen LogP contribution >= 0.6 is 0 Å². The molecule has 1 saturated heterocycles. The Kier molecular flexibility index (Phi) is 5.44. The molecule has 4 nitrogen and oxygen atoms in total. The Balaban J connectivity index is 1.80. The summed E-state index contributed by atoms with van der Waals surface area (Å²) in [5.41, 5.74) is 5.73. The van der Waals surface area contributed by atoms with Crippen molar-refractivity contribution in [2.75, 3.05) is 26.7 Å². The third-order valence-corrected chi connectivity index (χ3v) is 5.48. The molecule has 0 aromatic rings. The maximum Gasteiger partial charge on any atom is 0.222 e. The molecule has 1 amide bonds. The van der Waals surface area contributed by atoms with Crippen LogP contribution in [0.25, 0.3) is 0 Å². The van der Waals surface area contributed by atoms with Gasteiger partial charge in [-0.3, -0.25) is 9.69 Å². The standard InChI is InChI=1S/C16H31N3O/c1-12-10-19(11-13(2)18(12)3)16(20)8-14-4-6-15(9-17)7-5-14/h12-15H,4-11,17H2,1-3H3. The smallest absolute Gasteiger partial charge is 0.222 e. The molecular formula is C16H31N3O. The highest BCUT2D eigenvalue weighted by Crippen LogP contribution is 2.31. The minimum Gasteiger partial charge on any atom is -0.340 e. The van der Waals surface area contributed by atoms with E-state index in [0.717, 1.165) is 26.1 Å². The molecule has 0 radical (unpaired) electrons. The quantitative estimate of drug-likeness (QED) is 0.856. The van der Waals surface area contributed by atoms with Gasteiger partial charge in [0.25, 0.3) is 0 Å². The highest BCUT2D eigenvalue weighted by molar-refractivity contribution is 5.76.